The number of amides is 1. The molecule has 1 N–H and O–H groups in total. The number of sulfone groups is 1. The van der Waals surface area contributed by atoms with E-state index in [4.69, 9.17) is 4.74 Å². The summed E-state index contributed by atoms with van der Waals surface area (Å²) in [5, 5.41) is 0.868. The summed E-state index contributed by atoms with van der Waals surface area (Å²) >= 11 is 0. The number of benzene rings is 1. The van der Waals surface area contributed by atoms with E-state index in [-0.39, 0.29) is 28.2 Å². The average Bonchev–Trinajstić information content (AvgIpc) is 3.48. The van der Waals surface area contributed by atoms with E-state index in [1.54, 1.807) is 54.7 Å². The van der Waals surface area contributed by atoms with Crippen LogP contribution >= 0.6 is 0 Å². The number of imidazole rings is 1. The summed E-state index contributed by atoms with van der Waals surface area (Å²) in [5.41, 5.74) is 2.00. The number of H-pyrrole nitrogens is 1. The molecule has 0 saturated heterocycles. The molecule has 0 unspecified atom stereocenters. The largest absolute Gasteiger partial charge is 0.453 e. The van der Waals surface area contributed by atoms with Crippen LogP contribution in [-0.2, 0) is 14.6 Å². The van der Waals surface area contributed by atoms with Crippen LogP contribution in [0.1, 0.15) is 31.7 Å². The molecule has 172 valence electrons. The lowest BCUT2D eigenvalue weighted by molar-refractivity contribution is 0.102. The van der Waals surface area contributed by atoms with Crippen molar-refractivity contribution in [1.29, 1.82) is 0 Å². The van der Waals surface area contributed by atoms with Crippen LogP contribution in [0.2, 0.25) is 0 Å². The van der Waals surface area contributed by atoms with Crippen LogP contribution in [-0.4, -0.2) is 59.1 Å². The highest BCUT2D eigenvalue weighted by Crippen LogP contribution is 2.38. The molecule has 0 bridgehead atoms. The maximum Gasteiger partial charge on any atom is 0.409 e. The Morgan fingerprint density at radius 2 is 1.88 bits per heavy atom. The van der Waals surface area contributed by atoms with E-state index in [0.717, 1.165) is 23.7 Å². The summed E-state index contributed by atoms with van der Waals surface area (Å²) in [6, 6.07) is 10.3. The van der Waals surface area contributed by atoms with Gasteiger partial charge in [-0.1, -0.05) is 18.2 Å². The molecule has 1 fully saturated rings. The Morgan fingerprint density at radius 3 is 2.58 bits per heavy atom. The molecular formula is C23H25N5O4S. The second-order valence-corrected chi connectivity index (χ2v) is 10.2. The molecular weight excluding hydrogens is 442 g/mol. The molecule has 4 aromatic rings. The average molecular weight is 468 g/mol. The van der Waals surface area contributed by atoms with Crippen molar-refractivity contribution >= 4 is 38.0 Å². The van der Waals surface area contributed by atoms with Gasteiger partial charge in [-0.05, 0) is 43.9 Å². The van der Waals surface area contributed by atoms with Crippen molar-refractivity contribution in [2.75, 3.05) is 14.2 Å². The van der Waals surface area contributed by atoms with Gasteiger partial charge in [0.15, 0.2) is 0 Å². The molecule has 9 nitrogen and oxygen atoms in total. The Morgan fingerprint density at radius 1 is 1.15 bits per heavy atom. The summed E-state index contributed by atoms with van der Waals surface area (Å²) in [6.07, 6.45) is 5.95. The lowest BCUT2D eigenvalue weighted by Gasteiger charge is -2.35. The first kappa shape index (κ1) is 21.4. The van der Waals surface area contributed by atoms with Crippen molar-refractivity contribution < 1.29 is 17.9 Å². The molecule has 0 aliphatic heterocycles. The fraction of sp³-hybridized carbons (Fsp3) is 0.348. The first-order valence-corrected chi connectivity index (χ1v) is 12.3. The SMILES string of the molecule is COC(=O)N(C)C1CCC(n2c(S(=O)(=O)c3ccccc3)nc3cnc4[nH]ccc4c32)CC1. The molecule has 33 heavy (non-hydrogen) atoms. The van der Waals surface area contributed by atoms with Crippen LogP contribution < -0.4 is 0 Å². The number of pyridine rings is 1. The summed E-state index contributed by atoms with van der Waals surface area (Å²) in [5.74, 6) is 0. The summed E-state index contributed by atoms with van der Waals surface area (Å²) in [4.78, 5) is 25.9. The van der Waals surface area contributed by atoms with E-state index in [0.29, 0.717) is 24.0 Å². The monoisotopic (exact) mass is 467 g/mol. The van der Waals surface area contributed by atoms with Crippen LogP contribution in [0.3, 0.4) is 0 Å². The van der Waals surface area contributed by atoms with Crippen LogP contribution in [0.15, 0.2) is 58.8 Å². The maximum atomic E-state index is 13.7. The third-order valence-corrected chi connectivity index (χ3v) is 8.20. The third kappa shape index (κ3) is 3.54. The Kier molecular flexibility index (Phi) is 5.32. The minimum absolute atomic E-state index is 0.0315. The molecule has 0 atom stereocenters. The number of carbonyl (C=O) groups excluding carboxylic acids is 1. The molecule has 3 heterocycles. The minimum Gasteiger partial charge on any atom is -0.453 e. The lowest BCUT2D eigenvalue weighted by atomic mass is 9.90. The number of aromatic amines is 1. The second-order valence-electron chi connectivity index (χ2n) is 8.36. The highest BCUT2D eigenvalue weighted by molar-refractivity contribution is 7.91. The maximum absolute atomic E-state index is 13.7. The Balaban J connectivity index is 1.62. The second kappa shape index (κ2) is 8.18. The summed E-state index contributed by atoms with van der Waals surface area (Å²) < 4.78 is 34.1. The zero-order valence-corrected chi connectivity index (χ0v) is 19.2. The molecule has 1 aromatic carbocycles. The van der Waals surface area contributed by atoms with Crippen molar-refractivity contribution in [3.8, 4) is 0 Å². The third-order valence-electron chi connectivity index (χ3n) is 6.54. The number of rotatable bonds is 4. The smallest absolute Gasteiger partial charge is 0.409 e. The van der Waals surface area contributed by atoms with Crippen molar-refractivity contribution in [2.45, 2.75) is 47.8 Å². The van der Waals surface area contributed by atoms with Gasteiger partial charge in [0.2, 0.25) is 15.0 Å². The van der Waals surface area contributed by atoms with Gasteiger partial charge in [0.05, 0.1) is 23.7 Å². The minimum atomic E-state index is -3.85. The fourth-order valence-corrected chi connectivity index (χ4v) is 6.25. The van der Waals surface area contributed by atoms with Gasteiger partial charge >= 0.3 is 6.09 Å². The van der Waals surface area contributed by atoms with E-state index >= 15 is 0 Å². The highest BCUT2D eigenvalue weighted by atomic mass is 32.2. The number of methoxy groups -OCH3 is 1. The van der Waals surface area contributed by atoms with E-state index in [1.165, 1.54) is 7.11 Å². The topological polar surface area (TPSA) is 110 Å². The van der Waals surface area contributed by atoms with Crippen LogP contribution in [0, 0.1) is 0 Å². The molecule has 5 rings (SSSR count). The van der Waals surface area contributed by atoms with Gasteiger partial charge in [-0.2, -0.15) is 0 Å². The Bertz CT molecular complexity index is 1420. The number of ether oxygens (including phenoxy) is 1. The first-order valence-electron chi connectivity index (χ1n) is 10.9. The van der Waals surface area contributed by atoms with Gasteiger partial charge in [-0.3, -0.25) is 0 Å². The van der Waals surface area contributed by atoms with E-state index in [9.17, 15) is 13.2 Å². The number of hydrogen-bond acceptors (Lipinski definition) is 6. The number of hydrogen-bond donors (Lipinski definition) is 1. The van der Waals surface area contributed by atoms with Gasteiger partial charge < -0.3 is 19.2 Å². The van der Waals surface area contributed by atoms with Crippen LogP contribution in [0.5, 0.6) is 0 Å². The summed E-state index contributed by atoms with van der Waals surface area (Å²) in [6.45, 7) is 0. The molecule has 1 saturated carbocycles. The predicted molar refractivity (Wildman–Crippen MR) is 123 cm³/mol. The standard InChI is InChI=1S/C23H25N5O4S/c1-27(23(29)32-2)15-8-10-16(11-9-15)28-20-18-12-13-24-21(18)25-14-19(20)26-22(28)33(30,31)17-6-4-3-5-7-17/h3-7,12-16H,8-11H2,1-2H3,(H,24,25). The van der Waals surface area contributed by atoms with Crippen LogP contribution in [0.4, 0.5) is 4.79 Å². The summed E-state index contributed by atoms with van der Waals surface area (Å²) in [7, 11) is -0.737. The zero-order chi connectivity index (χ0) is 23.2. The van der Waals surface area contributed by atoms with Gasteiger partial charge in [-0.25, -0.2) is 23.2 Å². The van der Waals surface area contributed by atoms with Crippen LogP contribution in [0.25, 0.3) is 22.1 Å². The molecule has 1 aliphatic rings. The van der Waals surface area contributed by atoms with Crippen molar-refractivity contribution in [3.05, 3.63) is 48.8 Å². The highest BCUT2D eigenvalue weighted by Gasteiger charge is 2.34. The zero-order valence-electron chi connectivity index (χ0n) is 18.4. The first-order chi connectivity index (χ1) is 15.9. The van der Waals surface area contributed by atoms with Gasteiger partial charge in [0.25, 0.3) is 0 Å². The number of aromatic nitrogens is 4. The Labute approximate surface area is 191 Å². The van der Waals surface area contributed by atoms with Gasteiger partial charge in [-0.15, -0.1) is 0 Å². The van der Waals surface area contributed by atoms with Gasteiger partial charge in [0, 0.05) is 30.7 Å². The van der Waals surface area contributed by atoms with E-state index in [2.05, 4.69) is 15.0 Å². The number of nitrogens with zero attached hydrogens (tertiary/aromatic N) is 4. The molecule has 1 aliphatic carbocycles. The Hall–Kier alpha value is -3.40. The number of carbonyl (C=O) groups is 1. The lowest BCUT2D eigenvalue weighted by Crippen LogP contribution is -2.39. The van der Waals surface area contributed by atoms with Gasteiger partial charge in [0.1, 0.15) is 11.2 Å². The van der Waals surface area contributed by atoms with Crippen molar-refractivity contribution in [1.82, 2.24) is 24.4 Å². The van der Waals surface area contributed by atoms with Crippen molar-refractivity contribution in [3.63, 3.8) is 0 Å². The number of fused-ring (bicyclic) bond motifs is 3. The molecule has 10 heteroatoms. The van der Waals surface area contributed by atoms with Crippen molar-refractivity contribution in [2.24, 2.45) is 0 Å². The molecule has 0 radical (unpaired) electrons. The number of nitrogens with one attached hydrogen (secondary N) is 1. The van der Waals surface area contributed by atoms with E-state index < -0.39 is 9.84 Å². The normalized spacial score (nSPS) is 19.1. The fourth-order valence-electron chi connectivity index (χ4n) is 4.80. The van der Waals surface area contributed by atoms with E-state index in [1.807, 2.05) is 10.6 Å². The quantitative estimate of drug-likeness (QED) is 0.487. The molecule has 0 spiro atoms. The molecule has 1 amide bonds. The predicted octanol–water partition coefficient (Wildman–Crippen LogP) is 3.93. The molecule has 3 aromatic heterocycles.